The molecule has 144 valence electrons. The Labute approximate surface area is 154 Å². The van der Waals surface area contributed by atoms with Gasteiger partial charge in [-0.05, 0) is 63.0 Å². The van der Waals surface area contributed by atoms with E-state index in [9.17, 15) is 15.3 Å². The number of hydrogen-bond acceptors (Lipinski definition) is 5. The molecule has 0 radical (unpaired) electrons. The lowest BCUT2D eigenvalue weighted by Crippen LogP contribution is -2.72. The smallest absolute Gasteiger partial charge is 0.132 e. The van der Waals surface area contributed by atoms with Crippen molar-refractivity contribution in [2.75, 3.05) is 6.61 Å². The quantitative estimate of drug-likeness (QED) is 0.622. The highest BCUT2D eigenvalue weighted by Gasteiger charge is 2.84. The molecule has 5 aliphatic rings. The topological polar surface area (TPSA) is 82.5 Å². The molecule has 2 heterocycles. The van der Waals surface area contributed by atoms with E-state index in [4.69, 9.17) is 9.47 Å². The SMILES string of the molecule is C=C1OCC2=C1CC[C@@]1(C)C2CC[C@@]2(O)[C@H](O)C(C(C)(C)O)C[C@@H]3O[C@]312. The first-order chi connectivity index (χ1) is 12.1. The van der Waals surface area contributed by atoms with Crippen LogP contribution < -0.4 is 0 Å². The van der Waals surface area contributed by atoms with Gasteiger partial charge in [0.2, 0.25) is 0 Å². The zero-order chi connectivity index (χ0) is 18.7. The number of hydrogen-bond donors (Lipinski definition) is 3. The molecular formula is C21H30O5. The minimum absolute atomic E-state index is 0.104. The van der Waals surface area contributed by atoms with E-state index in [0.29, 0.717) is 25.4 Å². The number of rotatable bonds is 1. The summed E-state index contributed by atoms with van der Waals surface area (Å²) in [5.41, 5.74) is -0.717. The molecule has 2 saturated carbocycles. The summed E-state index contributed by atoms with van der Waals surface area (Å²) in [7, 11) is 0. The van der Waals surface area contributed by atoms with Crippen molar-refractivity contribution in [2.45, 2.75) is 81.9 Å². The molecule has 2 unspecified atom stereocenters. The van der Waals surface area contributed by atoms with Crippen LogP contribution in [0.15, 0.2) is 23.5 Å². The molecule has 26 heavy (non-hydrogen) atoms. The maximum atomic E-state index is 11.7. The molecule has 1 spiro atoms. The van der Waals surface area contributed by atoms with Crippen LogP contribution in [0.1, 0.15) is 52.9 Å². The number of allylic oxidation sites excluding steroid dienone is 1. The molecule has 5 heteroatoms. The molecule has 0 amide bonds. The maximum absolute atomic E-state index is 11.7. The van der Waals surface area contributed by atoms with Crippen LogP contribution in [0.3, 0.4) is 0 Å². The van der Waals surface area contributed by atoms with Gasteiger partial charge in [0.1, 0.15) is 23.6 Å². The summed E-state index contributed by atoms with van der Waals surface area (Å²) in [4.78, 5) is 0. The first kappa shape index (κ1) is 17.2. The minimum Gasteiger partial charge on any atom is -0.490 e. The fourth-order valence-corrected chi connectivity index (χ4v) is 7.08. The highest BCUT2D eigenvalue weighted by molar-refractivity contribution is 5.44. The van der Waals surface area contributed by atoms with Crippen molar-refractivity contribution >= 4 is 0 Å². The summed E-state index contributed by atoms with van der Waals surface area (Å²) >= 11 is 0. The van der Waals surface area contributed by atoms with E-state index >= 15 is 0 Å². The maximum Gasteiger partial charge on any atom is 0.132 e. The summed E-state index contributed by atoms with van der Waals surface area (Å²) in [5, 5.41) is 33.4. The third kappa shape index (κ3) is 1.72. The van der Waals surface area contributed by atoms with Crippen molar-refractivity contribution in [2.24, 2.45) is 17.3 Å². The molecule has 1 saturated heterocycles. The first-order valence-electron chi connectivity index (χ1n) is 9.91. The molecule has 0 bridgehead atoms. The molecular weight excluding hydrogens is 332 g/mol. The van der Waals surface area contributed by atoms with E-state index in [0.717, 1.165) is 25.0 Å². The Morgan fingerprint density at radius 1 is 1.27 bits per heavy atom. The Kier molecular flexibility index (Phi) is 3.15. The van der Waals surface area contributed by atoms with Gasteiger partial charge in [-0.15, -0.1) is 0 Å². The van der Waals surface area contributed by atoms with Gasteiger partial charge in [0.25, 0.3) is 0 Å². The lowest BCUT2D eigenvalue weighted by Gasteiger charge is -2.60. The molecule has 0 aromatic rings. The summed E-state index contributed by atoms with van der Waals surface area (Å²) in [5.74, 6) is 0.710. The number of fused-ring (bicyclic) bond motifs is 2. The van der Waals surface area contributed by atoms with Crippen molar-refractivity contribution < 1.29 is 24.8 Å². The summed E-state index contributed by atoms with van der Waals surface area (Å²) in [6.45, 7) is 10.3. The third-order valence-electron chi connectivity index (χ3n) is 8.49. The van der Waals surface area contributed by atoms with Crippen molar-refractivity contribution in [3.63, 3.8) is 0 Å². The van der Waals surface area contributed by atoms with Crippen LogP contribution in [0.5, 0.6) is 0 Å². The Balaban J connectivity index is 1.58. The average Bonchev–Trinajstić information content (AvgIpc) is 3.20. The molecule has 7 atom stereocenters. The van der Waals surface area contributed by atoms with Crippen LogP contribution in [0.2, 0.25) is 0 Å². The van der Waals surface area contributed by atoms with Crippen LogP contribution in [0.4, 0.5) is 0 Å². The Hall–Kier alpha value is -0.880. The van der Waals surface area contributed by atoms with E-state index in [-0.39, 0.29) is 17.4 Å². The van der Waals surface area contributed by atoms with Gasteiger partial charge in [0, 0.05) is 11.3 Å². The molecule has 5 rings (SSSR count). The Morgan fingerprint density at radius 2 is 2.00 bits per heavy atom. The lowest BCUT2D eigenvalue weighted by atomic mass is 9.45. The minimum atomic E-state index is -1.31. The van der Waals surface area contributed by atoms with E-state index in [2.05, 4.69) is 13.5 Å². The van der Waals surface area contributed by atoms with Crippen molar-refractivity contribution in [1.29, 1.82) is 0 Å². The second-order valence-electron chi connectivity index (χ2n) is 9.93. The van der Waals surface area contributed by atoms with Crippen LogP contribution >= 0.6 is 0 Å². The van der Waals surface area contributed by atoms with E-state index in [1.165, 1.54) is 11.1 Å². The molecule has 0 aromatic heterocycles. The van der Waals surface area contributed by atoms with Crippen molar-refractivity contribution in [1.82, 2.24) is 0 Å². The second kappa shape index (κ2) is 4.75. The van der Waals surface area contributed by atoms with Gasteiger partial charge in [-0.3, -0.25) is 0 Å². The van der Waals surface area contributed by atoms with Gasteiger partial charge in [-0.25, -0.2) is 0 Å². The number of aliphatic hydroxyl groups excluding tert-OH is 1. The molecule has 2 aliphatic heterocycles. The Morgan fingerprint density at radius 3 is 2.69 bits per heavy atom. The van der Waals surface area contributed by atoms with Crippen LogP contribution in [0.25, 0.3) is 0 Å². The van der Waals surface area contributed by atoms with Gasteiger partial charge in [-0.2, -0.15) is 0 Å². The van der Waals surface area contributed by atoms with Crippen LogP contribution in [-0.4, -0.2) is 50.9 Å². The predicted octanol–water partition coefficient (Wildman–Crippen LogP) is 2.06. The van der Waals surface area contributed by atoms with Gasteiger partial charge in [0.15, 0.2) is 0 Å². The highest BCUT2D eigenvalue weighted by atomic mass is 16.6. The van der Waals surface area contributed by atoms with Gasteiger partial charge in [0.05, 0.1) is 17.8 Å². The first-order valence-corrected chi connectivity index (χ1v) is 9.91. The molecule has 3 N–H and O–H groups in total. The number of epoxide rings is 1. The highest BCUT2D eigenvalue weighted by Crippen LogP contribution is 2.73. The van der Waals surface area contributed by atoms with Crippen LogP contribution in [0, 0.1) is 17.3 Å². The monoisotopic (exact) mass is 362 g/mol. The summed E-state index contributed by atoms with van der Waals surface area (Å²) in [6, 6.07) is 0. The zero-order valence-corrected chi connectivity index (χ0v) is 15.9. The largest absolute Gasteiger partial charge is 0.490 e. The van der Waals surface area contributed by atoms with Crippen molar-refractivity contribution in [3.8, 4) is 0 Å². The van der Waals surface area contributed by atoms with E-state index < -0.39 is 22.9 Å². The van der Waals surface area contributed by atoms with E-state index in [1.54, 1.807) is 13.8 Å². The molecule has 3 fully saturated rings. The Bertz CT molecular complexity index is 720. The lowest BCUT2D eigenvalue weighted by molar-refractivity contribution is -0.232. The standard InChI is InChI=1S/C21H30O5/c1-11-12-5-7-19(4)14(13(12)10-25-11)6-8-20(24)17(22)15(18(2,3)23)9-16-21(19,20)26-16/h14-17,22-24H,1,5-10H2,2-4H3/t14?,15?,16-,17+,19-,20+,21+/m0/s1. The van der Waals surface area contributed by atoms with E-state index in [1.807, 2.05) is 0 Å². The fraction of sp³-hybridized carbons (Fsp3) is 0.810. The number of aliphatic hydroxyl groups is 3. The third-order valence-corrected chi connectivity index (χ3v) is 8.49. The molecule has 5 nitrogen and oxygen atoms in total. The predicted molar refractivity (Wildman–Crippen MR) is 95.1 cm³/mol. The zero-order valence-electron chi connectivity index (χ0n) is 15.9. The second-order valence-corrected chi connectivity index (χ2v) is 9.93. The molecule has 3 aliphatic carbocycles. The summed E-state index contributed by atoms with van der Waals surface area (Å²) < 4.78 is 12.0. The van der Waals surface area contributed by atoms with Gasteiger partial charge in [-0.1, -0.05) is 13.5 Å². The fourth-order valence-electron chi connectivity index (χ4n) is 7.08. The van der Waals surface area contributed by atoms with Crippen LogP contribution in [-0.2, 0) is 9.47 Å². The average molecular weight is 362 g/mol. The van der Waals surface area contributed by atoms with Gasteiger partial charge >= 0.3 is 0 Å². The van der Waals surface area contributed by atoms with Gasteiger partial charge < -0.3 is 24.8 Å². The summed E-state index contributed by atoms with van der Waals surface area (Å²) in [6.07, 6.45) is 2.58. The normalized spacial score (nSPS) is 52.6. The molecule has 0 aromatic carbocycles. The number of ether oxygens (including phenoxy) is 2. The van der Waals surface area contributed by atoms with Crippen molar-refractivity contribution in [3.05, 3.63) is 23.5 Å².